The molecule has 142 valence electrons. The molecule has 1 heterocycles. The molecule has 0 aliphatic rings. The van der Waals surface area contributed by atoms with Gasteiger partial charge in [-0.05, 0) is 36.3 Å². The van der Waals surface area contributed by atoms with E-state index in [9.17, 15) is 0 Å². The summed E-state index contributed by atoms with van der Waals surface area (Å²) in [6.45, 7) is 6.10. The first-order valence-electron chi connectivity index (χ1n) is 9.38. The van der Waals surface area contributed by atoms with Crippen LogP contribution in [-0.4, -0.2) is 5.16 Å². The van der Waals surface area contributed by atoms with Crippen LogP contribution in [-0.2, 0) is 0 Å². The van der Waals surface area contributed by atoms with Crippen molar-refractivity contribution >= 4 is 33.7 Å². The summed E-state index contributed by atoms with van der Waals surface area (Å²) in [4.78, 5) is 0. The molecule has 29 heavy (non-hydrogen) atoms. The number of nitrogens with zero attached hydrogens (tertiary/aromatic N) is 1. The molecule has 0 saturated carbocycles. The number of halogens is 1. The van der Waals surface area contributed by atoms with E-state index in [4.69, 9.17) is 4.52 Å². The predicted octanol–water partition coefficient (Wildman–Crippen LogP) is 7.64. The van der Waals surface area contributed by atoms with Crippen LogP contribution in [0.3, 0.4) is 0 Å². The van der Waals surface area contributed by atoms with Gasteiger partial charge in [-0.1, -0.05) is 106 Å². The molecule has 0 fully saturated rings. The maximum Gasteiger partial charge on any atom is 0.175 e. The summed E-state index contributed by atoms with van der Waals surface area (Å²) in [6, 6.07) is 26.7. The molecule has 3 aromatic carbocycles. The van der Waals surface area contributed by atoms with E-state index in [0.717, 1.165) is 38.0 Å². The van der Waals surface area contributed by atoms with E-state index in [1.54, 1.807) is 0 Å². The Morgan fingerprint density at radius 1 is 0.931 bits per heavy atom. The predicted molar refractivity (Wildman–Crippen MR) is 124 cm³/mol. The Labute approximate surface area is 179 Å². The van der Waals surface area contributed by atoms with Gasteiger partial charge in [0, 0.05) is 21.2 Å². The molecule has 0 saturated heterocycles. The molecule has 4 aromatic rings. The molecule has 0 aliphatic heterocycles. The topological polar surface area (TPSA) is 26.0 Å². The largest absolute Gasteiger partial charge is 0.355 e. The number of benzene rings is 3. The van der Waals surface area contributed by atoms with Crippen LogP contribution in [0.1, 0.15) is 28.0 Å². The Morgan fingerprint density at radius 2 is 1.62 bits per heavy atom. The molecular formula is C26H20BrNO. The molecule has 0 radical (unpaired) electrons. The van der Waals surface area contributed by atoms with Gasteiger partial charge in [-0.2, -0.15) is 0 Å². The third-order valence-corrected chi connectivity index (χ3v) is 5.30. The van der Waals surface area contributed by atoms with Crippen LogP contribution in [0.2, 0.25) is 0 Å². The van der Waals surface area contributed by atoms with Crippen molar-refractivity contribution in [3.63, 3.8) is 0 Å². The van der Waals surface area contributed by atoms with Gasteiger partial charge in [0.25, 0.3) is 0 Å². The van der Waals surface area contributed by atoms with Crippen molar-refractivity contribution in [1.82, 2.24) is 5.16 Å². The fraction of sp³-hybridized carbons (Fsp3) is 0.0385. The van der Waals surface area contributed by atoms with E-state index >= 15 is 0 Å². The van der Waals surface area contributed by atoms with Gasteiger partial charge in [0.2, 0.25) is 0 Å². The third kappa shape index (κ3) is 4.15. The van der Waals surface area contributed by atoms with Gasteiger partial charge in [0.15, 0.2) is 5.76 Å². The van der Waals surface area contributed by atoms with Crippen LogP contribution in [0, 0.1) is 6.92 Å². The van der Waals surface area contributed by atoms with Crippen molar-refractivity contribution in [3.05, 3.63) is 118 Å². The smallest absolute Gasteiger partial charge is 0.175 e. The van der Waals surface area contributed by atoms with Crippen LogP contribution >= 0.6 is 15.9 Å². The number of hydrogen-bond donors (Lipinski definition) is 0. The summed E-state index contributed by atoms with van der Waals surface area (Å²) >= 11 is 3.50. The summed E-state index contributed by atoms with van der Waals surface area (Å²) in [5, 5.41) is 4.39. The first-order chi connectivity index (χ1) is 14.2. The Bertz CT molecular complexity index is 1150. The van der Waals surface area contributed by atoms with E-state index in [1.807, 2.05) is 36.4 Å². The molecule has 0 amide bonds. The summed E-state index contributed by atoms with van der Waals surface area (Å²) in [5.74, 6) is 0.713. The molecule has 4 rings (SSSR count). The van der Waals surface area contributed by atoms with Crippen LogP contribution < -0.4 is 0 Å². The van der Waals surface area contributed by atoms with Gasteiger partial charge in [-0.25, -0.2) is 0 Å². The maximum atomic E-state index is 5.89. The zero-order chi connectivity index (χ0) is 20.2. The van der Waals surface area contributed by atoms with E-state index in [2.05, 4.69) is 89.2 Å². The third-order valence-electron chi connectivity index (χ3n) is 4.77. The first-order valence-corrected chi connectivity index (χ1v) is 10.2. The summed E-state index contributed by atoms with van der Waals surface area (Å²) in [6.07, 6.45) is 3.94. The molecule has 0 spiro atoms. The Balaban J connectivity index is 1.88. The van der Waals surface area contributed by atoms with Crippen molar-refractivity contribution < 1.29 is 4.52 Å². The number of aryl methyl sites for hydroxylation is 1. The zero-order valence-corrected chi connectivity index (χ0v) is 17.7. The number of hydrogen-bond acceptors (Lipinski definition) is 2. The van der Waals surface area contributed by atoms with Gasteiger partial charge in [0.1, 0.15) is 5.69 Å². The molecule has 0 aliphatic carbocycles. The Kier molecular flexibility index (Phi) is 5.59. The molecule has 1 aromatic heterocycles. The molecule has 3 heteroatoms. The van der Waals surface area contributed by atoms with E-state index < -0.39 is 0 Å². The first kappa shape index (κ1) is 19.2. The molecular weight excluding hydrogens is 422 g/mol. The Morgan fingerprint density at radius 3 is 2.28 bits per heavy atom. The highest BCUT2D eigenvalue weighted by molar-refractivity contribution is 9.10. The van der Waals surface area contributed by atoms with Crippen LogP contribution in [0.15, 0.2) is 94.4 Å². The van der Waals surface area contributed by atoms with E-state index in [1.165, 1.54) is 5.56 Å². The van der Waals surface area contributed by atoms with Gasteiger partial charge in [0.05, 0.1) is 0 Å². The fourth-order valence-electron chi connectivity index (χ4n) is 3.22. The van der Waals surface area contributed by atoms with Crippen molar-refractivity contribution in [2.24, 2.45) is 0 Å². The van der Waals surface area contributed by atoms with Crippen LogP contribution in [0.4, 0.5) is 0 Å². The molecule has 0 unspecified atom stereocenters. The highest BCUT2D eigenvalue weighted by Crippen LogP contribution is 2.35. The van der Waals surface area contributed by atoms with E-state index in [-0.39, 0.29) is 0 Å². The van der Waals surface area contributed by atoms with Crippen molar-refractivity contribution in [3.8, 4) is 11.3 Å². The monoisotopic (exact) mass is 441 g/mol. The standard InChI is InChI=1S/C26H20BrNO/c1-3-23-25(21-13-9-18(2)10-14-21)28-29-26(23)24(20-7-5-4-6-8-20)17-19-11-15-22(27)16-12-19/h3-17H,1H2,2H3/b24-17+. The molecule has 0 N–H and O–H groups in total. The molecule has 2 nitrogen and oxygen atoms in total. The van der Waals surface area contributed by atoms with Crippen molar-refractivity contribution in [2.75, 3.05) is 0 Å². The van der Waals surface area contributed by atoms with Gasteiger partial charge in [-0.3, -0.25) is 0 Å². The lowest BCUT2D eigenvalue weighted by atomic mass is 9.95. The number of aromatic nitrogens is 1. The zero-order valence-electron chi connectivity index (χ0n) is 16.1. The average molecular weight is 442 g/mol. The fourth-order valence-corrected chi connectivity index (χ4v) is 3.49. The minimum Gasteiger partial charge on any atom is -0.355 e. The lowest BCUT2D eigenvalue weighted by molar-refractivity contribution is 0.413. The highest BCUT2D eigenvalue weighted by Gasteiger charge is 2.19. The second-order valence-electron chi connectivity index (χ2n) is 6.82. The highest BCUT2D eigenvalue weighted by atomic mass is 79.9. The summed E-state index contributed by atoms with van der Waals surface area (Å²) in [7, 11) is 0. The lowest BCUT2D eigenvalue weighted by Crippen LogP contribution is -1.90. The average Bonchev–Trinajstić information content (AvgIpc) is 3.18. The maximum absolute atomic E-state index is 5.89. The summed E-state index contributed by atoms with van der Waals surface area (Å²) in [5.41, 5.74) is 7.01. The number of rotatable bonds is 5. The normalized spacial score (nSPS) is 11.4. The van der Waals surface area contributed by atoms with Gasteiger partial charge >= 0.3 is 0 Å². The lowest BCUT2D eigenvalue weighted by Gasteiger charge is -2.07. The summed E-state index contributed by atoms with van der Waals surface area (Å²) < 4.78 is 6.93. The quantitative estimate of drug-likeness (QED) is 0.297. The SMILES string of the molecule is C=Cc1c(-c2ccc(C)cc2)noc1/C(=C/c1ccc(Br)cc1)c1ccccc1. The van der Waals surface area contributed by atoms with Crippen LogP contribution in [0.5, 0.6) is 0 Å². The Hall–Kier alpha value is -3.17. The second-order valence-corrected chi connectivity index (χ2v) is 7.74. The second kappa shape index (κ2) is 8.46. The minimum absolute atomic E-state index is 0.713. The van der Waals surface area contributed by atoms with Crippen LogP contribution in [0.25, 0.3) is 29.0 Å². The van der Waals surface area contributed by atoms with Crippen molar-refractivity contribution in [1.29, 1.82) is 0 Å². The molecule has 0 atom stereocenters. The van der Waals surface area contributed by atoms with Gasteiger partial charge in [-0.15, -0.1) is 0 Å². The molecule has 0 bridgehead atoms. The van der Waals surface area contributed by atoms with Crippen molar-refractivity contribution in [2.45, 2.75) is 6.92 Å². The van der Waals surface area contributed by atoms with Gasteiger partial charge < -0.3 is 4.52 Å². The minimum atomic E-state index is 0.713. The van der Waals surface area contributed by atoms with E-state index in [0.29, 0.717) is 5.76 Å².